The number of hydrogen-bond acceptors (Lipinski definition) is 2. The van der Waals surface area contributed by atoms with Crippen LogP contribution in [0.4, 0.5) is 0 Å². The molecule has 0 heterocycles. The number of carbonyl (C=O) groups is 1. The Kier molecular flexibility index (Phi) is 3.62. The zero-order valence-corrected chi connectivity index (χ0v) is 11.1. The molecule has 0 aliphatic heterocycles. The first-order valence-electron chi connectivity index (χ1n) is 6.70. The molecule has 18 heavy (non-hydrogen) atoms. The fourth-order valence-electron chi connectivity index (χ4n) is 3.58. The predicted molar refractivity (Wildman–Crippen MR) is 70.0 cm³/mol. The van der Waals surface area contributed by atoms with E-state index in [1.807, 2.05) is 6.92 Å². The van der Waals surface area contributed by atoms with Crippen LogP contribution in [-0.4, -0.2) is 22.3 Å². The van der Waals surface area contributed by atoms with Crippen molar-refractivity contribution in [1.82, 2.24) is 0 Å². The Labute approximate surface area is 108 Å². The molecule has 0 aromatic heterocycles. The second-order valence-electron chi connectivity index (χ2n) is 5.89. The molecule has 100 valence electrons. The monoisotopic (exact) mass is 250 g/mol. The number of fused-ring (bicyclic) bond motifs is 1. The van der Waals surface area contributed by atoms with E-state index in [1.54, 1.807) is 0 Å². The fourth-order valence-corrected chi connectivity index (χ4v) is 3.58. The summed E-state index contributed by atoms with van der Waals surface area (Å²) >= 11 is 0. The Morgan fingerprint density at radius 2 is 2.11 bits per heavy atom. The second kappa shape index (κ2) is 4.88. The van der Waals surface area contributed by atoms with Gasteiger partial charge < -0.3 is 10.2 Å². The number of carboxylic acids is 1. The summed E-state index contributed by atoms with van der Waals surface area (Å²) in [5.74, 6) is 0.322. The highest BCUT2D eigenvalue weighted by molar-refractivity contribution is 5.86. The molecule has 0 bridgehead atoms. The van der Waals surface area contributed by atoms with Gasteiger partial charge in [-0.25, -0.2) is 4.79 Å². The highest BCUT2D eigenvalue weighted by Gasteiger charge is 2.42. The van der Waals surface area contributed by atoms with E-state index in [0.29, 0.717) is 17.4 Å². The third kappa shape index (κ3) is 2.24. The van der Waals surface area contributed by atoms with Gasteiger partial charge in [0.25, 0.3) is 0 Å². The van der Waals surface area contributed by atoms with E-state index >= 15 is 0 Å². The summed E-state index contributed by atoms with van der Waals surface area (Å²) in [5.41, 5.74) is 1.31. The van der Waals surface area contributed by atoms with Crippen molar-refractivity contribution >= 4 is 5.97 Å². The predicted octanol–water partition coefficient (Wildman–Crippen LogP) is 2.62. The molecule has 5 atom stereocenters. The molecule has 0 amide bonds. The lowest BCUT2D eigenvalue weighted by molar-refractivity contribution is -0.133. The van der Waals surface area contributed by atoms with Gasteiger partial charge in [-0.05, 0) is 55.4 Å². The molecule has 2 rings (SSSR count). The largest absolute Gasteiger partial charge is 0.478 e. The van der Waals surface area contributed by atoms with Crippen LogP contribution in [0.25, 0.3) is 0 Å². The van der Waals surface area contributed by atoms with E-state index in [9.17, 15) is 9.90 Å². The Morgan fingerprint density at radius 1 is 1.44 bits per heavy atom. The Hall–Kier alpha value is -1.09. The molecule has 1 saturated carbocycles. The van der Waals surface area contributed by atoms with Crippen LogP contribution in [0.3, 0.4) is 0 Å². The van der Waals surface area contributed by atoms with Crippen LogP contribution < -0.4 is 0 Å². The van der Waals surface area contributed by atoms with Crippen LogP contribution in [0.2, 0.25) is 0 Å². The first-order chi connectivity index (χ1) is 8.41. The van der Waals surface area contributed by atoms with Crippen molar-refractivity contribution < 1.29 is 15.0 Å². The van der Waals surface area contributed by atoms with Crippen molar-refractivity contribution in [3.63, 3.8) is 0 Å². The summed E-state index contributed by atoms with van der Waals surface area (Å²) in [6, 6.07) is 0. The van der Waals surface area contributed by atoms with Crippen molar-refractivity contribution in [3.8, 4) is 0 Å². The van der Waals surface area contributed by atoms with Gasteiger partial charge in [0.1, 0.15) is 0 Å². The Balaban J connectivity index is 2.29. The maximum Gasteiger partial charge on any atom is 0.331 e. The zero-order chi connectivity index (χ0) is 13.4. The van der Waals surface area contributed by atoms with Gasteiger partial charge in [-0.3, -0.25) is 0 Å². The maximum absolute atomic E-state index is 11.1. The molecule has 1 fully saturated rings. The molecule has 0 aromatic carbocycles. The molecule has 2 N–H and O–H groups in total. The Morgan fingerprint density at radius 3 is 2.72 bits per heavy atom. The molecule has 0 radical (unpaired) electrons. The molecule has 0 spiro atoms. The summed E-state index contributed by atoms with van der Waals surface area (Å²) in [6.07, 6.45) is 4.42. The molecular formula is C15H22O3. The Bertz CT molecular complexity index is 397. The van der Waals surface area contributed by atoms with Gasteiger partial charge in [0.2, 0.25) is 0 Å². The number of aliphatic hydroxyl groups excluding tert-OH is 1. The average molecular weight is 250 g/mol. The van der Waals surface area contributed by atoms with Crippen LogP contribution in [-0.2, 0) is 4.79 Å². The van der Waals surface area contributed by atoms with Crippen LogP contribution in [0.5, 0.6) is 0 Å². The van der Waals surface area contributed by atoms with Gasteiger partial charge in [-0.2, -0.15) is 0 Å². The molecule has 0 saturated heterocycles. The third-order valence-corrected chi connectivity index (χ3v) is 4.82. The van der Waals surface area contributed by atoms with Crippen molar-refractivity contribution in [1.29, 1.82) is 0 Å². The van der Waals surface area contributed by atoms with Crippen molar-refractivity contribution in [2.45, 2.75) is 39.2 Å². The molecule has 0 aromatic rings. The van der Waals surface area contributed by atoms with Gasteiger partial charge in [0, 0.05) is 5.57 Å². The van der Waals surface area contributed by atoms with Crippen LogP contribution in [0.1, 0.15) is 33.1 Å². The highest BCUT2D eigenvalue weighted by atomic mass is 16.4. The minimum atomic E-state index is -0.884. The van der Waals surface area contributed by atoms with Crippen LogP contribution >= 0.6 is 0 Å². The summed E-state index contributed by atoms with van der Waals surface area (Å²) in [4.78, 5) is 11.1. The van der Waals surface area contributed by atoms with E-state index in [1.165, 1.54) is 0 Å². The van der Waals surface area contributed by atoms with E-state index in [0.717, 1.165) is 24.8 Å². The van der Waals surface area contributed by atoms with Crippen molar-refractivity contribution in [2.75, 3.05) is 0 Å². The molecule has 3 heteroatoms. The lowest BCUT2D eigenvalue weighted by Crippen LogP contribution is -2.39. The van der Waals surface area contributed by atoms with E-state index < -0.39 is 5.97 Å². The fraction of sp³-hybridized carbons (Fsp3) is 0.667. The summed E-state index contributed by atoms with van der Waals surface area (Å²) in [6.45, 7) is 7.88. The lowest BCUT2D eigenvalue weighted by atomic mass is 9.61. The van der Waals surface area contributed by atoms with Gasteiger partial charge in [-0.15, -0.1) is 0 Å². The molecule has 2 aliphatic rings. The molecule has 2 aliphatic carbocycles. The first kappa shape index (κ1) is 13.3. The van der Waals surface area contributed by atoms with E-state index in [-0.39, 0.29) is 17.9 Å². The molecule has 0 unspecified atom stereocenters. The van der Waals surface area contributed by atoms with Crippen LogP contribution in [0, 0.1) is 23.7 Å². The minimum absolute atomic E-state index is 0.0335. The summed E-state index contributed by atoms with van der Waals surface area (Å²) < 4.78 is 0. The van der Waals surface area contributed by atoms with E-state index in [4.69, 9.17) is 5.11 Å². The number of carboxylic acid groups (broad SMARTS) is 1. The number of hydrogen-bond donors (Lipinski definition) is 2. The number of rotatable bonds is 2. The van der Waals surface area contributed by atoms with Gasteiger partial charge in [-0.1, -0.05) is 19.6 Å². The van der Waals surface area contributed by atoms with Gasteiger partial charge in [0.05, 0.1) is 6.10 Å². The summed E-state index contributed by atoms with van der Waals surface area (Å²) in [5, 5.41) is 19.1. The number of aliphatic hydroxyl groups is 1. The smallest absolute Gasteiger partial charge is 0.331 e. The first-order valence-corrected chi connectivity index (χ1v) is 6.70. The standard InChI is InChI=1S/C15H22O3/c1-8-4-5-11(10(3)15(17)18)13-6-9(2)14(16)7-12(8)13/h6,8,11-14,16H,3-5,7H2,1-2H3,(H,17,18)/t8-,11+,12+,13-,14-/m1/s1. The van der Waals surface area contributed by atoms with E-state index in [2.05, 4.69) is 19.6 Å². The summed E-state index contributed by atoms with van der Waals surface area (Å²) in [7, 11) is 0. The quantitative estimate of drug-likeness (QED) is 0.585. The van der Waals surface area contributed by atoms with Gasteiger partial charge in [0.15, 0.2) is 0 Å². The lowest BCUT2D eigenvalue weighted by Gasteiger charge is -2.44. The van der Waals surface area contributed by atoms with Crippen molar-refractivity contribution in [3.05, 3.63) is 23.8 Å². The third-order valence-electron chi connectivity index (χ3n) is 4.82. The molecule has 3 nitrogen and oxygen atoms in total. The average Bonchev–Trinajstić information content (AvgIpc) is 2.31. The zero-order valence-electron chi connectivity index (χ0n) is 11.1. The second-order valence-corrected chi connectivity index (χ2v) is 5.89. The highest BCUT2D eigenvalue weighted by Crippen LogP contribution is 2.47. The van der Waals surface area contributed by atoms with Gasteiger partial charge >= 0.3 is 5.97 Å². The topological polar surface area (TPSA) is 57.5 Å². The molecular weight excluding hydrogens is 228 g/mol. The van der Waals surface area contributed by atoms with Crippen molar-refractivity contribution in [2.24, 2.45) is 23.7 Å². The normalized spacial score (nSPS) is 39.7. The van der Waals surface area contributed by atoms with Crippen LogP contribution in [0.15, 0.2) is 23.8 Å². The SMILES string of the molecule is C=C(C(=O)O)[C@@H]1CC[C@@H](C)[C@@H]2C[C@@H](O)C(C)=C[C@@H]21. The maximum atomic E-state index is 11.1. The minimum Gasteiger partial charge on any atom is -0.478 e. The number of aliphatic carboxylic acids is 1. The number of allylic oxidation sites excluding steroid dienone is 1.